The molecule has 1 spiro atoms. The Kier molecular flexibility index (Phi) is 6.40. The van der Waals surface area contributed by atoms with Gasteiger partial charge in [-0.2, -0.15) is 4.98 Å². The van der Waals surface area contributed by atoms with Crippen molar-refractivity contribution in [2.45, 2.75) is 76.1 Å². The fourth-order valence-corrected chi connectivity index (χ4v) is 6.71. The number of hydrogen-bond acceptors (Lipinski definition) is 9. The van der Waals surface area contributed by atoms with Gasteiger partial charge in [0.05, 0.1) is 23.5 Å². The number of aliphatic hydroxyl groups is 1. The Hall–Kier alpha value is -2.98. The lowest BCUT2D eigenvalue weighted by Crippen LogP contribution is -2.67. The van der Waals surface area contributed by atoms with E-state index in [-0.39, 0.29) is 23.6 Å². The van der Waals surface area contributed by atoms with Gasteiger partial charge in [0.1, 0.15) is 17.7 Å². The van der Waals surface area contributed by atoms with Gasteiger partial charge in [-0.05, 0) is 38.8 Å². The van der Waals surface area contributed by atoms with E-state index in [0.29, 0.717) is 37.3 Å². The van der Waals surface area contributed by atoms with Crippen LogP contribution in [0.2, 0.25) is 0 Å². The van der Waals surface area contributed by atoms with Crippen LogP contribution in [0.5, 0.6) is 0 Å². The molecule has 3 fully saturated rings. The third-order valence-electron chi connectivity index (χ3n) is 8.60. The maximum Gasteiger partial charge on any atom is 0.243 e. The van der Waals surface area contributed by atoms with E-state index in [2.05, 4.69) is 48.3 Å². The van der Waals surface area contributed by atoms with Gasteiger partial charge >= 0.3 is 0 Å². The minimum absolute atomic E-state index is 0.0377. The molecule has 3 atom stereocenters. The van der Waals surface area contributed by atoms with Gasteiger partial charge in [0.15, 0.2) is 0 Å². The highest BCUT2D eigenvalue weighted by Crippen LogP contribution is 2.44. The molecule has 0 bridgehead atoms. The molecule has 6 rings (SSSR count). The molecular weight excluding hydrogens is 468 g/mol. The van der Waals surface area contributed by atoms with Crippen molar-refractivity contribution in [1.82, 2.24) is 25.2 Å². The number of aromatic nitrogens is 3. The van der Waals surface area contributed by atoms with E-state index in [1.165, 1.54) is 19.3 Å². The largest absolute Gasteiger partial charge is 0.392 e. The number of anilines is 4. The van der Waals surface area contributed by atoms with E-state index in [9.17, 15) is 9.90 Å². The first kappa shape index (κ1) is 24.4. The smallest absolute Gasteiger partial charge is 0.243 e. The van der Waals surface area contributed by atoms with Gasteiger partial charge in [-0.3, -0.25) is 9.69 Å². The maximum absolute atomic E-state index is 12.7. The predicted molar refractivity (Wildman–Crippen MR) is 143 cm³/mol. The summed E-state index contributed by atoms with van der Waals surface area (Å²) in [7, 11) is 0. The lowest BCUT2D eigenvalue weighted by molar-refractivity contribution is -0.124. The molecule has 1 aliphatic carbocycles. The van der Waals surface area contributed by atoms with Crippen molar-refractivity contribution >= 4 is 29.2 Å². The van der Waals surface area contributed by atoms with Gasteiger partial charge in [0.2, 0.25) is 11.9 Å². The average Bonchev–Trinajstić information content (AvgIpc) is 3.29. The number of amides is 1. The van der Waals surface area contributed by atoms with Gasteiger partial charge in [-0.15, -0.1) is 0 Å². The number of nitrogens with one attached hydrogen (secondary N) is 2. The maximum atomic E-state index is 12.7. The molecule has 3 aliphatic heterocycles. The summed E-state index contributed by atoms with van der Waals surface area (Å²) < 4.78 is 0. The second kappa shape index (κ2) is 9.72. The summed E-state index contributed by atoms with van der Waals surface area (Å²) in [6, 6.07) is 4.24. The van der Waals surface area contributed by atoms with Crippen LogP contribution in [0.4, 0.5) is 23.3 Å². The van der Waals surface area contributed by atoms with E-state index >= 15 is 0 Å². The van der Waals surface area contributed by atoms with Crippen molar-refractivity contribution < 1.29 is 9.90 Å². The number of carbonyl (C=O) groups is 1. The second-order valence-corrected chi connectivity index (χ2v) is 11.3. The Balaban J connectivity index is 1.16. The molecule has 2 saturated heterocycles. The zero-order valence-corrected chi connectivity index (χ0v) is 21.9. The molecule has 4 aliphatic rings. The molecule has 10 heteroatoms. The number of fused-ring (bicyclic) bond motifs is 4. The van der Waals surface area contributed by atoms with Crippen LogP contribution in [0.15, 0.2) is 24.5 Å². The van der Waals surface area contributed by atoms with Crippen LogP contribution in [0.1, 0.15) is 51.5 Å². The third kappa shape index (κ3) is 4.61. The van der Waals surface area contributed by atoms with Crippen LogP contribution in [0.25, 0.3) is 0 Å². The molecule has 198 valence electrons. The summed E-state index contributed by atoms with van der Waals surface area (Å²) in [6.45, 7) is 8.19. The van der Waals surface area contributed by atoms with E-state index in [0.717, 1.165) is 49.5 Å². The number of carbonyl (C=O) groups excluding carboxylic acids is 1. The number of hydrogen-bond donors (Lipinski definition) is 3. The molecule has 10 nitrogen and oxygen atoms in total. The monoisotopic (exact) mass is 506 g/mol. The standard InChI is InChI=1S/C27H38N8O2/c1-18-15-34(11-10-33(18)16-19(2)36)21-6-7-23(28-14-21)31-26-29-13-20-12-22-25(37)30-17-27(8-4-3-5-9-27)35(22)24(20)32-26/h6-7,13-14,18-19,22,36H,3-5,8-12,15-17H2,1-2H3,(H,30,37)(H,28,29,31,32)/t18-,19-,22?/m1/s1. The normalized spacial score (nSPS) is 26.0. The summed E-state index contributed by atoms with van der Waals surface area (Å²) in [5.41, 5.74) is 2.10. The number of rotatable bonds is 5. The van der Waals surface area contributed by atoms with E-state index in [1.807, 2.05) is 25.4 Å². The zero-order chi connectivity index (χ0) is 25.6. The number of aliphatic hydroxyl groups excluding tert-OH is 1. The Morgan fingerprint density at radius 3 is 2.76 bits per heavy atom. The molecule has 1 saturated carbocycles. The summed E-state index contributed by atoms with van der Waals surface area (Å²) in [5, 5.41) is 16.2. The average molecular weight is 507 g/mol. The van der Waals surface area contributed by atoms with Crippen LogP contribution in [0, 0.1) is 0 Å². The van der Waals surface area contributed by atoms with Gasteiger partial charge in [0, 0.05) is 56.9 Å². The van der Waals surface area contributed by atoms with Crippen molar-refractivity contribution in [3.05, 3.63) is 30.1 Å². The van der Waals surface area contributed by atoms with Crippen LogP contribution >= 0.6 is 0 Å². The molecule has 1 unspecified atom stereocenters. The predicted octanol–water partition coefficient (Wildman–Crippen LogP) is 2.07. The van der Waals surface area contributed by atoms with E-state index in [1.54, 1.807) is 0 Å². The summed E-state index contributed by atoms with van der Waals surface area (Å²) >= 11 is 0. The van der Waals surface area contributed by atoms with Crippen LogP contribution < -0.4 is 20.4 Å². The highest BCUT2D eigenvalue weighted by atomic mass is 16.3. The van der Waals surface area contributed by atoms with Crippen LogP contribution in [-0.4, -0.2) is 87.3 Å². The van der Waals surface area contributed by atoms with Crippen LogP contribution in [0.3, 0.4) is 0 Å². The van der Waals surface area contributed by atoms with Gasteiger partial charge < -0.3 is 25.5 Å². The third-order valence-corrected chi connectivity index (χ3v) is 8.60. The minimum Gasteiger partial charge on any atom is -0.392 e. The van der Waals surface area contributed by atoms with Crippen molar-refractivity contribution in [3.63, 3.8) is 0 Å². The van der Waals surface area contributed by atoms with Gasteiger partial charge in [-0.1, -0.05) is 19.3 Å². The Labute approximate surface area is 218 Å². The van der Waals surface area contributed by atoms with Crippen LogP contribution in [-0.2, 0) is 11.2 Å². The fraction of sp³-hybridized carbons (Fsp3) is 0.630. The lowest BCUT2D eigenvalue weighted by atomic mass is 9.78. The SMILES string of the molecule is C[C@@H]1CN(c2ccc(Nc3ncc4c(n3)N3C(C4)C(=O)NCC34CCCCC4)nc2)CCN1C[C@@H](C)O. The molecule has 0 radical (unpaired) electrons. The molecule has 37 heavy (non-hydrogen) atoms. The van der Waals surface area contributed by atoms with Crippen molar-refractivity contribution in [3.8, 4) is 0 Å². The molecule has 5 heterocycles. The highest BCUT2D eigenvalue weighted by Gasteiger charge is 2.51. The van der Waals surface area contributed by atoms with E-state index in [4.69, 9.17) is 4.98 Å². The first-order valence-electron chi connectivity index (χ1n) is 13.7. The lowest BCUT2D eigenvalue weighted by Gasteiger charge is -2.51. The van der Waals surface area contributed by atoms with Gasteiger partial charge in [0.25, 0.3) is 0 Å². The molecule has 2 aromatic rings. The second-order valence-electron chi connectivity index (χ2n) is 11.3. The first-order chi connectivity index (χ1) is 17.9. The molecule has 2 aromatic heterocycles. The topological polar surface area (TPSA) is 110 Å². The van der Waals surface area contributed by atoms with Crippen molar-refractivity contribution in [2.75, 3.05) is 47.8 Å². The summed E-state index contributed by atoms with van der Waals surface area (Å²) in [6.07, 6.45) is 9.94. The fourth-order valence-electron chi connectivity index (χ4n) is 6.71. The Morgan fingerprint density at radius 1 is 1.19 bits per heavy atom. The molecule has 0 aromatic carbocycles. The van der Waals surface area contributed by atoms with Gasteiger partial charge in [-0.25, -0.2) is 9.97 Å². The summed E-state index contributed by atoms with van der Waals surface area (Å²) in [5.74, 6) is 2.21. The Morgan fingerprint density at radius 2 is 2.03 bits per heavy atom. The number of piperazine rings is 2. The minimum atomic E-state index is -0.311. The van der Waals surface area contributed by atoms with E-state index < -0.39 is 0 Å². The first-order valence-corrected chi connectivity index (χ1v) is 13.7. The number of β-amino-alcohol motifs (C(OH)–C–C–N with tert-alkyl or cyclic N) is 1. The molecular formula is C27H38N8O2. The summed E-state index contributed by atoms with van der Waals surface area (Å²) in [4.78, 5) is 33.9. The number of nitrogens with zero attached hydrogens (tertiary/aromatic N) is 6. The molecule has 1 amide bonds. The van der Waals surface area contributed by atoms with Crippen molar-refractivity contribution in [2.24, 2.45) is 0 Å². The quantitative estimate of drug-likeness (QED) is 0.561. The Bertz CT molecular complexity index is 1130. The highest BCUT2D eigenvalue weighted by molar-refractivity contribution is 5.90. The zero-order valence-electron chi connectivity index (χ0n) is 21.9. The van der Waals surface area contributed by atoms with Crippen molar-refractivity contribution in [1.29, 1.82) is 0 Å². The molecule has 3 N–H and O–H groups in total. The number of pyridine rings is 1.